The van der Waals surface area contributed by atoms with Crippen LogP contribution in [0.5, 0.6) is 11.5 Å². The first kappa shape index (κ1) is 8.55. The molecule has 1 aliphatic rings. The van der Waals surface area contributed by atoms with E-state index >= 15 is 0 Å². The zero-order valence-corrected chi connectivity index (χ0v) is 7.10. The first-order chi connectivity index (χ1) is 6.72. The van der Waals surface area contributed by atoms with Crippen molar-refractivity contribution in [3.8, 4) is 11.5 Å². The van der Waals surface area contributed by atoms with Crippen LogP contribution >= 0.6 is 0 Å². The second-order valence-corrected chi connectivity index (χ2v) is 2.59. The Labute approximate surface area is 79.7 Å². The highest BCUT2D eigenvalue weighted by atomic mass is 16.7. The van der Waals surface area contributed by atoms with Crippen LogP contribution in [0.15, 0.2) is 30.9 Å². The van der Waals surface area contributed by atoms with Crippen LogP contribution in [-0.4, -0.2) is 4.92 Å². The summed E-state index contributed by atoms with van der Waals surface area (Å²) in [5.74, 6) is 0.474. The van der Waals surface area contributed by atoms with E-state index in [1.54, 1.807) is 6.07 Å². The SMILES string of the molecule is C=C[C]1Oc2cccc([N+](=O)[O-])c2O1. The van der Waals surface area contributed by atoms with Gasteiger partial charge in [0.15, 0.2) is 5.75 Å². The number of ether oxygens (including phenoxy) is 2. The molecule has 1 aliphatic heterocycles. The van der Waals surface area contributed by atoms with Gasteiger partial charge in [-0.3, -0.25) is 10.1 Å². The molecule has 0 aliphatic carbocycles. The highest BCUT2D eigenvalue weighted by molar-refractivity contribution is 5.58. The fourth-order valence-electron chi connectivity index (χ4n) is 1.14. The molecule has 1 radical (unpaired) electrons. The molecular weight excluding hydrogens is 186 g/mol. The van der Waals surface area contributed by atoms with E-state index in [4.69, 9.17) is 9.47 Å². The predicted molar refractivity (Wildman–Crippen MR) is 47.8 cm³/mol. The second kappa shape index (κ2) is 3.02. The molecule has 0 saturated heterocycles. The Bertz CT molecular complexity index is 402. The van der Waals surface area contributed by atoms with Crippen LogP contribution in [0.2, 0.25) is 0 Å². The minimum absolute atomic E-state index is 0.112. The molecule has 14 heavy (non-hydrogen) atoms. The maximum absolute atomic E-state index is 10.6. The van der Waals surface area contributed by atoms with Crippen molar-refractivity contribution >= 4 is 5.69 Å². The molecule has 0 bridgehead atoms. The highest BCUT2D eigenvalue weighted by Crippen LogP contribution is 2.44. The Kier molecular flexibility index (Phi) is 1.85. The Morgan fingerprint density at radius 3 is 2.86 bits per heavy atom. The molecule has 0 N–H and O–H groups in total. The van der Waals surface area contributed by atoms with Crippen LogP contribution in [-0.2, 0) is 0 Å². The third-order valence-electron chi connectivity index (χ3n) is 1.73. The van der Waals surface area contributed by atoms with Crippen LogP contribution in [0, 0.1) is 16.4 Å². The van der Waals surface area contributed by atoms with Gasteiger partial charge in [-0.25, -0.2) is 0 Å². The first-order valence-electron chi connectivity index (χ1n) is 3.85. The summed E-state index contributed by atoms with van der Waals surface area (Å²) in [6.07, 6.45) is 1.51. The minimum atomic E-state index is -0.520. The van der Waals surface area contributed by atoms with Gasteiger partial charge in [-0.2, -0.15) is 0 Å². The monoisotopic (exact) mass is 192 g/mol. The number of para-hydroxylation sites is 1. The molecule has 2 rings (SSSR count). The average molecular weight is 192 g/mol. The molecule has 5 heteroatoms. The van der Waals surface area contributed by atoms with E-state index in [0.29, 0.717) is 5.75 Å². The van der Waals surface area contributed by atoms with Gasteiger partial charge in [0.2, 0.25) is 5.75 Å². The van der Waals surface area contributed by atoms with Crippen molar-refractivity contribution in [1.29, 1.82) is 0 Å². The Morgan fingerprint density at radius 2 is 2.21 bits per heavy atom. The molecule has 0 amide bonds. The molecule has 5 nitrogen and oxygen atoms in total. The Balaban J connectivity index is 2.46. The standard InChI is InChI=1S/C9H6NO4/c1-2-8-13-7-5-3-4-6(10(11)12)9(7)14-8/h2-5H,1H2. The smallest absolute Gasteiger partial charge is 0.355 e. The lowest BCUT2D eigenvalue weighted by atomic mass is 10.3. The summed E-state index contributed by atoms with van der Waals surface area (Å²) < 4.78 is 10.2. The fraction of sp³-hybridized carbons (Fsp3) is 0. The molecule has 0 atom stereocenters. The largest absolute Gasteiger partial charge is 0.438 e. The number of benzene rings is 1. The molecule has 0 saturated carbocycles. The molecule has 71 valence electrons. The summed E-state index contributed by atoms with van der Waals surface area (Å²) in [6, 6.07) is 4.49. The van der Waals surface area contributed by atoms with Crippen LogP contribution in [0.25, 0.3) is 0 Å². The van der Waals surface area contributed by atoms with E-state index in [1.807, 2.05) is 0 Å². The summed E-state index contributed by atoms with van der Waals surface area (Å²) in [5.41, 5.74) is -0.112. The van der Waals surface area contributed by atoms with Crippen LogP contribution in [0.4, 0.5) is 5.69 Å². The topological polar surface area (TPSA) is 61.6 Å². The lowest BCUT2D eigenvalue weighted by molar-refractivity contribution is -0.385. The number of nitro benzene ring substituents is 1. The molecule has 1 heterocycles. The third-order valence-corrected chi connectivity index (χ3v) is 1.73. The van der Waals surface area contributed by atoms with E-state index in [9.17, 15) is 10.1 Å². The maximum Gasteiger partial charge on any atom is 0.355 e. The Morgan fingerprint density at radius 1 is 1.43 bits per heavy atom. The van der Waals surface area contributed by atoms with Gasteiger partial charge in [0, 0.05) is 12.1 Å². The quantitative estimate of drug-likeness (QED) is 0.531. The summed E-state index contributed by atoms with van der Waals surface area (Å²) in [7, 11) is 0. The minimum Gasteiger partial charge on any atom is -0.438 e. The normalized spacial score (nSPS) is 14.0. The molecule has 0 aromatic heterocycles. The third kappa shape index (κ3) is 1.19. The number of rotatable bonds is 2. The lowest BCUT2D eigenvalue weighted by Gasteiger charge is -1.98. The molecule has 1 aromatic rings. The number of hydrogen-bond acceptors (Lipinski definition) is 4. The average Bonchev–Trinajstić information content (AvgIpc) is 2.59. The molecule has 0 unspecified atom stereocenters. The molecule has 0 fully saturated rings. The van der Waals surface area contributed by atoms with Crippen molar-refractivity contribution in [2.24, 2.45) is 0 Å². The Hall–Kier alpha value is -2.04. The van der Waals surface area contributed by atoms with Gasteiger partial charge in [-0.05, 0) is 6.07 Å². The van der Waals surface area contributed by atoms with Crippen molar-refractivity contribution in [2.45, 2.75) is 0 Å². The van der Waals surface area contributed by atoms with Gasteiger partial charge in [-0.15, -0.1) is 0 Å². The van der Waals surface area contributed by atoms with Gasteiger partial charge in [0.1, 0.15) is 0 Å². The van der Waals surface area contributed by atoms with E-state index in [1.165, 1.54) is 18.2 Å². The maximum atomic E-state index is 10.6. The van der Waals surface area contributed by atoms with Crippen LogP contribution in [0.1, 0.15) is 0 Å². The van der Waals surface area contributed by atoms with E-state index in [0.717, 1.165) is 0 Å². The number of nitro groups is 1. The van der Waals surface area contributed by atoms with E-state index < -0.39 is 4.92 Å². The van der Waals surface area contributed by atoms with Crippen molar-refractivity contribution in [1.82, 2.24) is 0 Å². The molecule has 1 aromatic carbocycles. The zero-order chi connectivity index (χ0) is 10.1. The van der Waals surface area contributed by atoms with Crippen molar-refractivity contribution < 1.29 is 14.4 Å². The van der Waals surface area contributed by atoms with Gasteiger partial charge >= 0.3 is 12.0 Å². The van der Waals surface area contributed by atoms with Gasteiger partial charge in [0.25, 0.3) is 0 Å². The number of fused-ring (bicyclic) bond motifs is 1. The molecule has 0 spiro atoms. The highest BCUT2D eigenvalue weighted by Gasteiger charge is 2.31. The summed E-state index contributed by atoms with van der Waals surface area (Å²) in [5, 5.41) is 10.6. The van der Waals surface area contributed by atoms with E-state index in [-0.39, 0.29) is 17.7 Å². The van der Waals surface area contributed by atoms with Gasteiger partial charge in [0.05, 0.1) is 4.92 Å². The molecular formula is C9H6NO4. The van der Waals surface area contributed by atoms with Gasteiger partial charge in [-0.1, -0.05) is 12.6 Å². The van der Waals surface area contributed by atoms with Crippen molar-refractivity contribution in [3.63, 3.8) is 0 Å². The fourth-order valence-corrected chi connectivity index (χ4v) is 1.14. The number of nitrogens with zero attached hydrogens (tertiary/aromatic N) is 1. The summed E-state index contributed by atoms with van der Waals surface area (Å²) in [6.45, 7) is 3.44. The zero-order valence-electron chi connectivity index (χ0n) is 7.10. The van der Waals surface area contributed by atoms with E-state index in [2.05, 4.69) is 6.58 Å². The number of hydrogen-bond donors (Lipinski definition) is 0. The van der Waals surface area contributed by atoms with Crippen molar-refractivity contribution in [2.75, 3.05) is 0 Å². The van der Waals surface area contributed by atoms with Crippen molar-refractivity contribution in [3.05, 3.63) is 47.3 Å². The summed E-state index contributed by atoms with van der Waals surface area (Å²) in [4.78, 5) is 10.1. The van der Waals surface area contributed by atoms with Gasteiger partial charge < -0.3 is 9.47 Å². The lowest BCUT2D eigenvalue weighted by Crippen LogP contribution is -2.02. The summed E-state index contributed by atoms with van der Waals surface area (Å²) >= 11 is 0. The second-order valence-electron chi connectivity index (χ2n) is 2.59. The predicted octanol–water partition coefficient (Wildman–Crippen LogP) is 2.04. The van der Waals surface area contributed by atoms with Crippen LogP contribution in [0.3, 0.4) is 0 Å². The first-order valence-corrected chi connectivity index (χ1v) is 3.85. The van der Waals surface area contributed by atoms with Crippen LogP contribution < -0.4 is 9.47 Å².